The Morgan fingerprint density at radius 2 is 1.03 bits per heavy atom. The Labute approximate surface area is 416 Å². The lowest BCUT2D eigenvalue weighted by atomic mass is 9.84. The van der Waals surface area contributed by atoms with Crippen LogP contribution in [0.5, 0.6) is 0 Å². The Balaban J connectivity index is 0.000000264. The summed E-state index contributed by atoms with van der Waals surface area (Å²) in [6.07, 6.45) is 18.5. The van der Waals surface area contributed by atoms with E-state index in [-0.39, 0.29) is 67.6 Å². The largest absolute Gasteiger partial charge is 0.480 e. The summed E-state index contributed by atoms with van der Waals surface area (Å²) in [5.41, 5.74) is 7.05. The Morgan fingerprint density at radius 1 is 0.620 bits per heavy atom. The summed E-state index contributed by atoms with van der Waals surface area (Å²) < 4.78 is 16.2. The van der Waals surface area contributed by atoms with E-state index in [1.165, 1.54) is 71.3 Å². The van der Waals surface area contributed by atoms with E-state index in [0.717, 1.165) is 48.6 Å². The Morgan fingerprint density at radius 3 is 1.42 bits per heavy atom. The lowest BCUT2D eigenvalue weighted by molar-refractivity contribution is -0.139. The number of hydroxylamine groups is 2. The van der Waals surface area contributed by atoms with Gasteiger partial charge >= 0.3 is 11.9 Å². The predicted octanol–water partition coefficient (Wildman–Crippen LogP) is 8.63. The molecule has 0 saturated heterocycles. The quantitative estimate of drug-likeness (QED) is 0.0292. The van der Waals surface area contributed by atoms with Gasteiger partial charge in [-0.2, -0.15) is 0 Å². The first-order chi connectivity index (χ1) is 34.4. The fourth-order valence-corrected chi connectivity index (χ4v) is 9.11. The van der Waals surface area contributed by atoms with Gasteiger partial charge in [0.15, 0.2) is 23.2 Å². The van der Waals surface area contributed by atoms with E-state index < -0.39 is 30.3 Å². The number of nitrogens with zero attached hydrogens (tertiary/aromatic N) is 2. The molecule has 0 unspecified atom stereocenters. The second kappa shape index (κ2) is 30.4. The summed E-state index contributed by atoms with van der Waals surface area (Å²) in [4.78, 5) is 91.8. The van der Waals surface area contributed by atoms with Gasteiger partial charge in [-0.15, -0.1) is 0 Å². The topological polar surface area (TPSA) is 251 Å². The first kappa shape index (κ1) is 55.5. The second-order valence-electron chi connectivity index (χ2n) is 18.5. The van der Waals surface area contributed by atoms with Gasteiger partial charge in [-0.25, -0.2) is 20.9 Å². The number of carboxylic acid groups (broad SMARTS) is 1. The summed E-state index contributed by atoms with van der Waals surface area (Å²) in [5.74, 6) is -1.30. The summed E-state index contributed by atoms with van der Waals surface area (Å²) in [5, 5.41) is 13.6. The number of nitrogens with one attached hydrogen (secondary N) is 4. The predicted molar refractivity (Wildman–Crippen MR) is 261 cm³/mol. The zero-order valence-electron chi connectivity index (χ0n) is 41.5. The van der Waals surface area contributed by atoms with Crippen LogP contribution in [0.25, 0.3) is 0 Å². The van der Waals surface area contributed by atoms with Crippen molar-refractivity contribution in [3.8, 4) is 0 Å². The van der Waals surface area contributed by atoms with Crippen LogP contribution in [0.3, 0.4) is 0 Å². The molecule has 2 aromatic carbocycles. The highest BCUT2D eigenvalue weighted by Gasteiger charge is 2.28. The molecule has 2 saturated carbocycles. The van der Waals surface area contributed by atoms with E-state index >= 15 is 0 Å². The van der Waals surface area contributed by atoms with Crippen molar-refractivity contribution in [3.05, 3.63) is 106 Å². The molecule has 0 bridgehead atoms. The number of rotatable bonds is 26. The van der Waals surface area contributed by atoms with Crippen molar-refractivity contribution in [2.45, 2.75) is 154 Å². The average molecular weight is 985 g/mol. The van der Waals surface area contributed by atoms with Crippen molar-refractivity contribution < 1.29 is 57.1 Å². The van der Waals surface area contributed by atoms with Crippen LogP contribution in [0, 0.1) is 25.7 Å². The number of carboxylic acids is 1. The van der Waals surface area contributed by atoms with Crippen LogP contribution in [0.1, 0.15) is 183 Å². The van der Waals surface area contributed by atoms with Gasteiger partial charge in [0.1, 0.15) is 24.6 Å². The van der Waals surface area contributed by atoms with Crippen LogP contribution in [-0.4, -0.2) is 70.8 Å². The number of hydrogen-bond acceptors (Lipinski definition) is 13. The smallest absolute Gasteiger partial charge is 0.325 e. The molecule has 0 radical (unpaired) electrons. The number of aryl methyl sites for hydroxylation is 2. The van der Waals surface area contributed by atoms with Crippen LogP contribution in [-0.2, 0) is 46.8 Å². The van der Waals surface area contributed by atoms with Crippen molar-refractivity contribution >= 4 is 35.6 Å². The minimum absolute atomic E-state index is 0.0410. The van der Waals surface area contributed by atoms with Crippen molar-refractivity contribution in [3.63, 3.8) is 0 Å². The standard InChI is InChI=1S/C27H37N3O6.C26H35N3O6/c1-19-25(26(33)28-17-24(32)34-2)29-27(36-19)22(15-9-14-20-10-5-3-6-11-20)16-23(31)30-35-18-21-12-7-4-8-13-21;1-18-24(25(33)27-16-23(31)32)28-26(35-18)21(14-8-13-19-9-4-2-5-10-19)15-22(30)29-34-17-20-11-6-3-7-12-20/h4,7-8,12-13,20,22H,3,5-6,9-11,14-18H2,1-2H3,(H,28,33)(H,30,31);3,6-7,11-12,19,21H,2,4-5,8-10,13-17H2,1H3,(H,27,33)(H,29,30)(H,31,32)/t22-;21-/m11/s1. The molecule has 2 aliphatic carbocycles. The van der Waals surface area contributed by atoms with Gasteiger partial charge < -0.3 is 29.3 Å². The van der Waals surface area contributed by atoms with Crippen LogP contribution < -0.4 is 21.6 Å². The summed E-state index contributed by atoms with van der Waals surface area (Å²) in [6, 6.07) is 19.1. The SMILES string of the molecule is COC(=O)CNC(=O)c1nc([C@H](CCCC2CCCCC2)CC(=O)NOCc2ccccc2)oc1C.Cc1oc([C@H](CCCC2CCCCC2)CC(=O)NOCc2ccccc2)nc1C(=O)NCC(=O)O. The van der Waals surface area contributed by atoms with Gasteiger partial charge in [0, 0.05) is 24.7 Å². The van der Waals surface area contributed by atoms with E-state index in [9.17, 15) is 28.8 Å². The highest BCUT2D eigenvalue weighted by atomic mass is 16.7. The maximum Gasteiger partial charge on any atom is 0.325 e. The third-order valence-electron chi connectivity index (χ3n) is 13.0. The molecule has 18 heteroatoms. The molecule has 18 nitrogen and oxygen atoms in total. The number of ether oxygens (including phenoxy) is 1. The first-order valence-electron chi connectivity index (χ1n) is 25.1. The van der Waals surface area contributed by atoms with E-state index in [2.05, 4.69) is 36.3 Å². The summed E-state index contributed by atoms with van der Waals surface area (Å²) in [7, 11) is 1.25. The molecule has 4 amide bonds. The normalized spacial score (nSPS) is 14.8. The second-order valence-corrected chi connectivity index (χ2v) is 18.5. The zero-order valence-corrected chi connectivity index (χ0v) is 41.5. The monoisotopic (exact) mass is 985 g/mol. The molecule has 6 rings (SSSR count). The van der Waals surface area contributed by atoms with Gasteiger partial charge in [-0.3, -0.25) is 38.4 Å². The maximum absolute atomic E-state index is 12.7. The highest BCUT2D eigenvalue weighted by Crippen LogP contribution is 2.34. The summed E-state index contributed by atoms with van der Waals surface area (Å²) >= 11 is 0. The third kappa shape index (κ3) is 20.1. The summed E-state index contributed by atoms with van der Waals surface area (Å²) in [6.45, 7) is 3.00. The third-order valence-corrected chi connectivity index (χ3v) is 13.0. The van der Waals surface area contributed by atoms with Gasteiger partial charge in [0.05, 0.1) is 20.3 Å². The average Bonchev–Trinajstić information content (AvgIpc) is 3.97. The number of esters is 1. The van der Waals surface area contributed by atoms with Gasteiger partial charge in [-0.1, -0.05) is 151 Å². The molecule has 0 aliphatic heterocycles. The Kier molecular flexibility index (Phi) is 23.7. The number of methoxy groups -OCH3 is 1. The number of oxazole rings is 2. The number of hydrogen-bond donors (Lipinski definition) is 5. The number of aliphatic carboxylic acids is 1. The van der Waals surface area contributed by atoms with Crippen molar-refractivity contribution in [2.24, 2.45) is 11.8 Å². The molecular weight excluding hydrogens is 913 g/mol. The van der Waals surface area contributed by atoms with Gasteiger partial charge in [0.25, 0.3) is 11.8 Å². The molecule has 386 valence electrons. The van der Waals surface area contributed by atoms with Crippen LogP contribution in [0.2, 0.25) is 0 Å². The molecular formula is C53H72N6O12. The molecule has 0 spiro atoms. The van der Waals surface area contributed by atoms with Crippen LogP contribution in [0.15, 0.2) is 69.5 Å². The van der Waals surface area contributed by atoms with E-state index in [1.807, 2.05) is 60.7 Å². The number of aromatic nitrogens is 2. The molecule has 71 heavy (non-hydrogen) atoms. The molecule has 5 N–H and O–H groups in total. The molecule has 2 fully saturated rings. The van der Waals surface area contributed by atoms with Crippen molar-refractivity contribution in [1.82, 2.24) is 31.6 Å². The van der Waals surface area contributed by atoms with E-state index in [4.69, 9.17) is 23.6 Å². The number of carbonyl (C=O) groups excluding carboxylic acids is 5. The molecule has 2 atom stereocenters. The molecule has 2 heterocycles. The lowest BCUT2D eigenvalue weighted by Gasteiger charge is -2.22. The Hall–Kier alpha value is -6.40. The van der Waals surface area contributed by atoms with Crippen LogP contribution in [0.4, 0.5) is 0 Å². The van der Waals surface area contributed by atoms with E-state index in [0.29, 0.717) is 36.1 Å². The molecule has 4 aromatic rings. The Bertz CT molecular complexity index is 2270. The van der Waals surface area contributed by atoms with Crippen LogP contribution >= 0.6 is 0 Å². The minimum Gasteiger partial charge on any atom is -0.480 e. The van der Waals surface area contributed by atoms with Crippen molar-refractivity contribution in [2.75, 3.05) is 20.2 Å². The fraction of sp³-hybridized carbons (Fsp3) is 0.547. The highest BCUT2D eigenvalue weighted by molar-refractivity contribution is 5.95. The van der Waals surface area contributed by atoms with Crippen molar-refractivity contribution in [1.29, 1.82) is 0 Å². The maximum atomic E-state index is 12.7. The first-order valence-corrected chi connectivity index (χ1v) is 25.1. The number of carbonyl (C=O) groups is 6. The fourth-order valence-electron chi connectivity index (χ4n) is 9.11. The zero-order chi connectivity index (χ0) is 50.8. The molecule has 2 aliphatic rings. The number of amides is 4. The number of benzene rings is 2. The minimum atomic E-state index is -1.15. The molecule has 2 aromatic heterocycles. The van der Waals surface area contributed by atoms with Gasteiger partial charge in [-0.05, 0) is 49.7 Å². The van der Waals surface area contributed by atoms with Gasteiger partial charge in [0.2, 0.25) is 11.8 Å². The lowest BCUT2D eigenvalue weighted by Crippen LogP contribution is -2.30. The van der Waals surface area contributed by atoms with E-state index in [1.54, 1.807) is 13.8 Å².